The van der Waals surface area contributed by atoms with Gasteiger partial charge in [-0.25, -0.2) is 4.98 Å². The Kier molecular flexibility index (Phi) is 4.90. The fourth-order valence-corrected chi connectivity index (χ4v) is 2.68. The summed E-state index contributed by atoms with van der Waals surface area (Å²) in [7, 11) is 0. The Morgan fingerprint density at radius 1 is 1.11 bits per heavy atom. The fraction of sp³-hybridized carbons (Fsp3) is 0.400. The number of hydrogen-bond donors (Lipinski definition) is 1. The van der Waals surface area contributed by atoms with Crippen LogP contribution in [-0.4, -0.2) is 16.7 Å². The Hall–Kier alpha value is -1.19. The van der Waals surface area contributed by atoms with Crippen molar-refractivity contribution >= 4 is 11.3 Å². The number of aryl methyl sites for hydroxylation is 4. The molecule has 0 amide bonds. The minimum atomic E-state index is 0.246. The molecule has 0 aliphatic heterocycles. The number of thiazole rings is 1. The summed E-state index contributed by atoms with van der Waals surface area (Å²) in [6, 6.07) is 8.69. The van der Waals surface area contributed by atoms with Gasteiger partial charge in [-0.3, -0.25) is 0 Å². The van der Waals surface area contributed by atoms with E-state index in [1.54, 1.807) is 11.3 Å². The maximum atomic E-state index is 8.78. The molecule has 1 aromatic heterocycles. The van der Waals surface area contributed by atoms with E-state index in [0.717, 1.165) is 31.4 Å². The summed E-state index contributed by atoms with van der Waals surface area (Å²) in [5.41, 5.74) is 3.79. The topological polar surface area (TPSA) is 33.1 Å². The average molecular weight is 261 g/mol. The predicted octanol–water partition coefficient (Wildman–Crippen LogP) is 3.16. The molecule has 0 bridgehead atoms. The first kappa shape index (κ1) is 13.2. The summed E-state index contributed by atoms with van der Waals surface area (Å²) < 4.78 is 0. The van der Waals surface area contributed by atoms with Crippen molar-refractivity contribution in [2.45, 2.75) is 32.6 Å². The molecular formula is C15H19NOS. The van der Waals surface area contributed by atoms with Crippen LogP contribution in [-0.2, 0) is 19.3 Å². The Morgan fingerprint density at radius 3 is 2.61 bits per heavy atom. The highest BCUT2D eigenvalue weighted by molar-refractivity contribution is 7.09. The predicted molar refractivity (Wildman–Crippen MR) is 76.1 cm³/mol. The van der Waals surface area contributed by atoms with Crippen molar-refractivity contribution in [1.82, 2.24) is 4.98 Å². The number of aromatic nitrogens is 1. The van der Waals surface area contributed by atoms with E-state index in [-0.39, 0.29) is 6.61 Å². The molecule has 2 aromatic rings. The van der Waals surface area contributed by atoms with Gasteiger partial charge in [0.2, 0.25) is 0 Å². The molecule has 18 heavy (non-hydrogen) atoms. The molecule has 0 unspecified atom stereocenters. The number of rotatable bonds is 6. The van der Waals surface area contributed by atoms with Crippen LogP contribution in [0.3, 0.4) is 0 Å². The molecule has 0 saturated carbocycles. The highest BCUT2D eigenvalue weighted by atomic mass is 32.1. The molecule has 1 N–H and O–H groups in total. The van der Waals surface area contributed by atoms with Gasteiger partial charge in [-0.05, 0) is 31.7 Å². The van der Waals surface area contributed by atoms with Gasteiger partial charge in [-0.2, -0.15) is 0 Å². The van der Waals surface area contributed by atoms with Gasteiger partial charge in [-0.15, -0.1) is 11.3 Å². The van der Waals surface area contributed by atoms with Gasteiger partial charge in [0.1, 0.15) is 0 Å². The molecule has 96 valence electrons. The number of benzene rings is 1. The van der Waals surface area contributed by atoms with E-state index in [0.29, 0.717) is 0 Å². The van der Waals surface area contributed by atoms with E-state index < -0.39 is 0 Å². The lowest BCUT2D eigenvalue weighted by Gasteiger charge is -2.00. The average Bonchev–Trinajstić information content (AvgIpc) is 2.84. The Morgan fingerprint density at radius 2 is 1.89 bits per heavy atom. The number of hydrogen-bond acceptors (Lipinski definition) is 3. The zero-order valence-corrected chi connectivity index (χ0v) is 11.5. The number of aliphatic hydroxyl groups is 1. The summed E-state index contributed by atoms with van der Waals surface area (Å²) in [4.78, 5) is 4.59. The van der Waals surface area contributed by atoms with Crippen molar-refractivity contribution < 1.29 is 5.11 Å². The van der Waals surface area contributed by atoms with Crippen LogP contribution < -0.4 is 0 Å². The van der Waals surface area contributed by atoms with Crippen LogP contribution >= 0.6 is 11.3 Å². The van der Waals surface area contributed by atoms with Gasteiger partial charge in [-0.1, -0.05) is 29.8 Å². The molecule has 0 saturated heterocycles. The fourth-order valence-electron chi connectivity index (χ4n) is 1.84. The van der Waals surface area contributed by atoms with Crippen molar-refractivity contribution in [3.8, 4) is 0 Å². The second-order valence-electron chi connectivity index (χ2n) is 4.55. The lowest BCUT2D eigenvalue weighted by Crippen LogP contribution is -1.93. The van der Waals surface area contributed by atoms with Gasteiger partial charge in [0.05, 0.1) is 10.7 Å². The normalized spacial score (nSPS) is 10.8. The minimum absolute atomic E-state index is 0.246. The Labute approximate surface area is 112 Å². The third-order valence-corrected chi connectivity index (χ3v) is 3.90. The summed E-state index contributed by atoms with van der Waals surface area (Å²) in [5, 5.41) is 12.1. The van der Waals surface area contributed by atoms with Crippen LogP contribution in [0.1, 0.15) is 28.2 Å². The van der Waals surface area contributed by atoms with E-state index in [1.165, 1.54) is 16.1 Å². The van der Waals surface area contributed by atoms with E-state index in [2.05, 4.69) is 41.6 Å². The second-order valence-corrected chi connectivity index (χ2v) is 5.49. The van der Waals surface area contributed by atoms with E-state index in [9.17, 15) is 0 Å². The van der Waals surface area contributed by atoms with Crippen LogP contribution in [0.2, 0.25) is 0 Å². The molecule has 3 heteroatoms. The molecule has 0 spiro atoms. The van der Waals surface area contributed by atoms with Crippen molar-refractivity contribution in [1.29, 1.82) is 0 Å². The molecule has 2 nitrogen and oxygen atoms in total. The first-order valence-electron chi connectivity index (χ1n) is 6.37. The maximum absolute atomic E-state index is 8.78. The van der Waals surface area contributed by atoms with Crippen molar-refractivity contribution in [2.24, 2.45) is 0 Å². The summed E-state index contributed by atoms with van der Waals surface area (Å²) >= 11 is 1.73. The van der Waals surface area contributed by atoms with Crippen molar-refractivity contribution in [2.75, 3.05) is 6.61 Å². The van der Waals surface area contributed by atoms with E-state index in [4.69, 9.17) is 5.11 Å². The molecule has 0 atom stereocenters. The number of nitrogens with zero attached hydrogens (tertiary/aromatic N) is 1. The van der Waals surface area contributed by atoms with Gasteiger partial charge < -0.3 is 5.11 Å². The molecule has 1 heterocycles. The second kappa shape index (κ2) is 6.66. The summed E-state index contributed by atoms with van der Waals surface area (Å²) in [6.45, 7) is 2.36. The highest BCUT2D eigenvalue weighted by Gasteiger charge is 2.02. The quantitative estimate of drug-likeness (QED) is 0.866. The third kappa shape index (κ3) is 3.93. The SMILES string of the molecule is Cc1ccc(CCc2nc(CCCO)cs2)cc1. The molecule has 0 aliphatic carbocycles. The maximum Gasteiger partial charge on any atom is 0.0931 e. The van der Waals surface area contributed by atoms with E-state index in [1.807, 2.05) is 0 Å². The third-order valence-electron chi connectivity index (χ3n) is 2.94. The largest absolute Gasteiger partial charge is 0.396 e. The molecule has 0 fully saturated rings. The van der Waals surface area contributed by atoms with Crippen LogP contribution in [0.4, 0.5) is 0 Å². The standard InChI is InChI=1S/C15H19NOS/c1-12-4-6-13(7-5-12)8-9-15-16-14(11-18-15)3-2-10-17/h4-7,11,17H,2-3,8-10H2,1H3. The van der Waals surface area contributed by atoms with Gasteiger partial charge in [0, 0.05) is 18.4 Å². The zero-order valence-electron chi connectivity index (χ0n) is 10.7. The van der Waals surface area contributed by atoms with Crippen LogP contribution in [0.5, 0.6) is 0 Å². The lowest BCUT2D eigenvalue weighted by molar-refractivity contribution is 0.288. The Balaban J connectivity index is 1.86. The summed E-state index contributed by atoms with van der Waals surface area (Å²) in [6.07, 6.45) is 3.75. The highest BCUT2D eigenvalue weighted by Crippen LogP contribution is 2.14. The van der Waals surface area contributed by atoms with Crippen LogP contribution in [0, 0.1) is 6.92 Å². The van der Waals surface area contributed by atoms with Crippen LogP contribution in [0.15, 0.2) is 29.6 Å². The van der Waals surface area contributed by atoms with Gasteiger partial charge in [0.15, 0.2) is 0 Å². The number of aliphatic hydroxyl groups excluding tert-OH is 1. The molecule has 0 radical (unpaired) electrons. The summed E-state index contributed by atoms with van der Waals surface area (Å²) in [5.74, 6) is 0. The van der Waals surface area contributed by atoms with Gasteiger partial charge in [0.25, 0.3) is 0 Å². The first-order valence-corrected chi connectivity index (χ1v) is 7.25. The van der Waals surface area contributed by atoms with Gasteiger partial charge >= 0.3 is 0 Å². The van der Waals surface area contributed by atoms with Crippen molar-refractivity contribution in [3.05, 3.63) is 51.5 Å². The molecular weight excluding hydrogens is 242 g/mol. The Bertz CT molecular complexity index is 475. The monoisotopic (exact) mass is 261 g/mol. The van der Waals surface area contributed by atoms with Crippen molar-refractivity contribution in [3.63, 3.8) is 0 Å². The minimum Gasteiger partial charge on any atom is -0.396 e. The first-order chi connectivity index (χ1) is 8.78. The lowest BCUT2D eigenvalue weighted by atomic mass is 10.1. The molecule has 1 aromatic carbocycles. The zero-order chi connectivity index (χ0) is 12.8. The smallest absolute Gasteiger partial charge is 0.0931 e. The van der Waals surface area contributed by atoms with E-state index >= 15 is 0 Å². The molecule has 0 aliphatic rings. The van der Waals surface area contributed by atoms with Crippen LogP contribution in [0.25, 0.3) is 0 Å². The molecule has 2 rings (SSSR count).